The minimum Gasteiger partial charge on any atom is -0.395 e. The van der Waals surface area contributed by atoms with Crippen LogP contribution in [-0.4, -0.2) is 54.0 Å². The third kappa shape index (κ3) is 2.94. The molecule has 0 aliphatic heterocycles. The van der Waals surface area contributed by atoms with Crippen molar-refractivity contribution >= 4 is 11.9 Å². The lowest BCUT2D eigenvalue weighted by Crippen LogP contribution is -2.35. The Bertz CT molecular complexity index is 526. The van der Waals surface area contributed by atoms with Gasteiger partial charge in [-0.15, -0.1) is 0 Å². The molecule has 0 aliphatic carbocycles. The van der Waals surface area contributed by atoms with Crippen LogP contribution in [0.1, 0.15) is 13.8 Å². The molecule has 2 aromatic rings. The minimum absolute atomic E-state index is 0.00241. The summed E-state index contributed by atoms with van der Waals surface area (Å²) >= 11 is 0. The van der Waals surface area contributed by atoms with Crippen LogP contribution in [0.4, 0.5) is 11.9 Å². The van der Waals surface area contributed by atoms with Crippen LogP contribution >= 0.6 is 0 Å². The monoisotopic (exact) mass is 264 g/mol. The number of aliphatic hydroxyl groups excluding tert-OH is 1. The van der Waals surface area contributed by atoms with Crippen LogP contribution < -0.4 is 10.6 Å². The van der Waals surface area contributed by atoms with Gasteiger partial charge in [-0.1, -0.05) is 0 Å². The van der Waals surface area contributed by atoms with E-state index in [4.69, 9.17) is 10.8 Å². The summed E-state index contributed by atoms with van der Waals surface area (Å²) in [5, 5.41) is 13.0. The largest absolute Gasteiger partial charge is 0.395 e. The van der Waals surface area contributed by atoms with Gasteiger partial charge in [0.25, 0.3) is 5.95 Å². The fourth-order valence-corrected chi connectivity index (χ4v) is 1.61. The van der Waals surface area contributed by atoms with Gasteiger partial charge in [0.05, 0.1) is 6.61 Å². The van der Waals surface area contributed by atoms with Crippen LogP contribution in [-0.2, 0) is 0 Å². The van der Waals surface area contributed by atoms with E-state index in [1.165, 1.54) is 17.3 Å². The zero-order chi connectivity index (χ0) is 13.8. The third-order valence-electron chi connectivity index (χ3n) is 2.47. The van der Waals surface area contributed by atoms with Gasteiger partial charge in [0, 0.05) is 12.6 Å². The summed E-state index contributed by atoms with van der Waals surface area (Å²) < 4.78 is 1.40. The van der Waals surface area contributed by atoms with Gasteiger partial charge in [0.2, 0.25) is 11.9 Å². The molecule has 0 amide bonds. The van der Waals surface area contributed by atoms with Gasteiger partial charge < -0.3 is 15.7 Å². The Morgan fingerprint density at radius 3 is 2.74 bits per heavy atom. The van der Waals surface area contributed by atoms with Gasteiger partial charge >= 0.3 is 0 Å². The first-order valence-corrected chi connectivity index (χ1v) is 5.86. The van der Waals surface area contributed by atoms with Crippen LogP contribution in [0.5, 0.6) is 0 Å². The van der Waals surface area contributed by atoms with Crippen molar-refractivity contribution in [1.29, 1.82) is 0 Å². The van der Waals surface area contributed by atoms with Crippen LogP contribution in [0.25, 0.3) is 5.95 Å². The molecule has 0 aliphatic rings. The van der Waals surface area contributed by atoms with Gasteiger partial charge in [-0.05, 0) is 13.8 Å². The van der Waals surface area contributed by atoms with Crippen molar-refractivity contribution in [3.8, 4) is 5.95 Å². The molecular weight excluding hydrogens is 248 g/mol. The molecule has 0 atom stereocenters. The molecule has 2 heterocycles. The molecule has 9 heteroatoms. The van der Waals surface area contributed by atoms with E-state index in [9.17, 15) is 0 Å². The van der Waals surface area contributed by atoms with E-state index in [0.29, 0.717) is 18.4 Å². The number of nitrogens with two attached hydrogens (primary N) is 1. The number of hydrogen-bond acceptors (Lipinski definition) is 8. The lowest BCUT2D eigenvalue weighted by Gasteiger charge is -2.25. The van der Waals surface area contributed by atoms with Crippen molar-refractivity contribution in [2.24, 2.45) is 0 Å². The Labute approximate surface area is 110 Å². The topological polar surface area (TPSA) is 119 Å². The summed E-state index contributed by atoms with van der Waals surface area (Å²) in [6.45, 7) is 4.37. The van der Waals surface area contributed by atoms with Crippen LogP contribution in [0, 0.1) is 0 Å². The van der Waals surface area contributed by atoms with Crippen LogP contribution in [0.15, 0.2) is 12.7 Å². The Morgan fingerprint density at radius 2 is 2.16 bits per heavy atom. The molecular formula is C10H16N8O. The zero-order valence-electron chi connectivity index (χ0n) is 10.8. The number of hydrogen-bond donors (Lipinski definition) is 2. The number of aliphatic hydroxyl groups is 1. The number of nitrogens with zero attached hydrogens (tertiary/aromatic N) is 7. The lowest BCUT2D eigenvalue weighted by atomic mass is 10.3. The predicted molar refractivity (Wildman–Crippen MR) is 68.7 cm³/mol. The molecule has 3 N–H and O–H groups in total. The fraction of sp³-hybridized carbons (Fsp3) is 0.500. The molecule has 9 nitrogen and oxygen atoms in total. The molecule has 0 spiro atoms. The Hall–Kier alpha value is -2.29. The van der Waals surface area contributed by atoms with E-state index in [0.717, 1.165) is 0 Å². The SMILES string of the molecule is CC(C)N(CCO)c1nc(N)nc(-n2cncn2)n1. The highest BCUT2D eigenvalue weighted by Gasteiger charge is 2.16. The fourth-order valence-electron chi connectivity index (χ4n) is 1.61. The first-order valence-electron chi connectivity index (χ1n) is 5.86. The predicted octanol–water partition coefficient (Wildman–Crippen LogP) is -0.758. The summed E-state index contributed by atoms with van der Waals surface area (Å²) in [6, 6.07) is 0.123. The van der Waals surface area contributed by atoms with Crippen molar-refractivity contribution in [2.75, 3.05) is 23.8 Å². The quantitative estimate of drug-likeness (QED) is 0.723. The lowest BCUT2D eigenvalue weighted by molar-refractivity contribution is 0.298. The maximum Gasteiger partial charge on any atom is 0.258 e. The van der Waals surface area contributed by atoms with E-state index in [-0.39, 0.29) is 18.6 Å². The molecule has 0 unspecified atom stereocenters. The summed E-state index contributed by atoms with van der Waals surface area (Å²) in [4.78, 5) is 18.1. The van der Waals surface area contributed by atoms with E-state index < -0.39 is 0 Å². The van der Waals surface area contributed by atoms with E-state index in [1.54, 1.807) is 0 Å². The van der Waals surface area contributed by atoms with E-state index in [2.05, 4.69) is 25.0 Å². The van der Waals surface area contributed by atoms with E-state index >= 15 is 0 Å². The maximum absolute atomic E-state index is 9.10. The highest BCUT2D eigenvalue weighted by Crippen LogP contribution is 2.13. The van der Waals surface area contributed by atoms with Crippen LogP contribution in [0.3, 0.4) is 0 Å². The smallest absolute Gasteiger partial charge is 0.258 e. The molecule has 2 rings (SSSR count). The summed E-state index contributed by atoms with van der Waals surface area (Å²) in [7, 11) is 0. The number of anilines is 2. The van der Waals surface area contributed by atoms with Gasteiger partial charge in [-0.2, -0.15) is 24.7 Å². The third-order valence-corrected chi connectivity index (χ3v) is 2.47. The second-order valence-electron chi connectivity index (χ2n) is 4.14. The molecule has 0 radical (unpaired) electrons. The number of nitrogen functional groups attached to an aromatic ring is 1. The van der Waals surface area contributed by atoms with Crippen molar-refractivity contribution in [1.82, 2.24) is 29.7 Å². The summed E-state index contributed by atoms with van der Waals surface area (Å²) in [6.07, 6.45) is 2.86. The van der Waals surface area contributed by atoms with Crippen molar-refractivity contribution in [3.63, 3.8) is 0 Å². The second-order valence-corrected chi connectivity index (χ2v) is 4.14. The van der Waals surface area contributed by atoms with Crippen molar-refractivity contribution in [2.45, 2.75) is 19.9 Å². The van der Waals surface area contributed by atoms with Gasteiger partial charge in [-0.3, -0.25) is 0 Å². The van der Waals surface area contributed by atoms with Crippen LogP contribution in [0.2, 0.25) is 0 Å². The highest BCUT2D eigenvalue weighted by molar-refractivity contribution is 5.38. The Balaban J connectivity index is 2.40. The van der Waals surface area contributed by atoms with Gasteiger partial charge in [-0.25, -0.2) is 4.98 Å². The molecule has 0 fully saturated rings. The first kappa shape index (κ1) is 13.1. The van der Waals surface area contributed by atoms with Crippen molar-refractivity contribution in [3.05, 3.63) is 12.7 Å². The van der Waals surface area contributed by atoms with Gasteiger partial charge in [0.15, 0.2) is 0 Å². The molecule has 0 aromatic carbocycles. The average Bonchev–Trinajstić information content (AvgIpc) is 2.88. The molecule has 0 saturated heterocycles. The summed E-state index contributed by atoms with van der Waals surface area (Å²) in [5.41, 5.74) is 5.69. The average molecular weight is 264 g/mol. The first-order chi connectivity index (χ1) is 9.11. The number of aromatic nitrogens is 6. The normalized spacial score (nSPS) is 10.9. The van der Waals surface area contributed by atoms with Crippen molar-refractivity contribution < 1.29 is 5.11 Å². The standard InChI is InChI=1S/C10H16N8O/c1-7(2)17(3-4-19)9-14-8(11)15-10(16-9)18-6-12-5-13-18/h5-7,19H,3-4H2,1-2H3,(H2,11,14,15,16). The minimum atomic E-state index is 0.00241. The molecule has 0 bridgehead atoms. The number of rotatable bonds is 5. The Morgan fingerprint density at radius 1 is 1.37 bits per heavy atom. The van der Waals surface area contributed by atoms with E-state index in [1.807, 2.05) is 18.7 Å². The Kier molecular flexibility index (Phi) is 3.85. The second kappa shape index (κ2) is 5.57. The maximum atomic E-state index is 9.10. The molecule has 19 heavy (non-hydrogen) atoms. The molecule has 102 valence electrons. The zero-order valence-corrected chi connectivity index (χ0v) is 10.8. The summed E-state index contributed by atoms with van der Waals surface area (Å²) in [5.74, 6) is 0.796. The highest BCUT2D eigenvalue weighted by atomic mass is 16.3. The van der Waals surface area contributed by atoms with Gasteiger partial charge in [0.1, 0.15) is 12.7 Å². The molecule has 2 aromatic heterocycles. The molecule has 0 saturated carbocycles.